The molecule has 0 aromatic rings. The Hall–Kier alpha value is -2.12. The normalized spacial score (nSPS) is 11.3. The van der Waals surface area contributed by atoms with Gasteiger partial charge in [0.25, 0.3) is 0 Å². The number of nitrogens with one attached hydrogen (secondary N) is 1. The fraction of sp³-hybridized carbons (Fsp3) is 0.200. The summed E-state index contributed by atoms with van der Waals surface area (Å²) in [6.07, 6.45) is 1.25. The second-order valence-corrected chi connectivity index (χ2v) is 2.00. The van der Waals surface area contributed by atoms with Crippen LogP contribution in [0.25, 0.3) is 0 Å². The molecule has 0 aliphatic heterocycles. The number of nitrogens with two attached hydrogens (primary N) is 3. The average molecular weight is 185 g/mol. The van der Waals surface area contributed by atoms with Gasteiger partial charge in [-0.1, -0.05) is 0 Å². The number of carbonyl (C=O) groups excluding carboxylic acids is 1. The lowest BCUT2D eigenvalue weighted by molar-refractivity contribution is 0.249. The number of hydrazone groups is 1. The lowest BCUT2D eigenvalue weighted by atomic mass is 10.5. The van der Waals surface area contributed by atoms with E-state index in [1.165, 1.54) is 6.21 Å². The van der Waals surface area contributed by atoms with Gasteiger partial charge in [-0.2, -0.15) is 10.2 Å². The van der Waals surface area contributed by atoms with Crippen molar-refractivity contribution in [2.45, 2.75) is 6.92 Å². The molecule has 0 radical (unpaired) electrons. The molecule has 0 aliphatic rings. The number of guanidine groups is 1. The standard InChI is InChI=1S/C5H11N7O/c1-3(10-11-4(6)7)2-9-12-5(8)13/h2H,1H3,(H4,6,7,11)(H3,8,12,13)/b9-2-,10-3-. The molecule has 0 saturated heterocycles. The maximum Gasteiger partial charge on any atom is 0.332 e. The average Bonchev–Trinajstić information content (AvgIpc) is 2.00. The maximum absolute atomic E-state index is 10.1. The van der Waals surface area contributed by atoms with E-state index < -0.39 is 6.03 Å². The minimum Gasteiger partial charge on any atom is -0.369 e. The second kappa shape index (κ2) is 5.52. The van der Waals surface area contributed by atoms with E-state index in [2.05, 4.69) is 15.3 Å². The van der Waals surface area contributed by atoms with Gasteiger partial charge in [0.2, 0.25) is 5.96 Å². The smallest absolute Gasteiger partial charge is 0.332 e. The molecule has 13 heavy (non-hydrogen) atoms. The van der Waals surface area contributed by atoms with Crippen LogP contribution >= 0.6 is 0 Å². The lowest BCUT2D eigenvalue weighted by Crippen LogP contribution is -2.24. The molecule has 0 saturated carbocycles. The number of rotatable bonds is 3. The van der Waals surface area contributed by atoms with Crippen LogP contribution in [0.15, 0.2) is 15.3 Å². The van der Waals surface area contributed by atoms with Crippen molar-refractivity contribution in [1.29, 1.82) is 0 Å². The van der Waals surface area contributed by atoms with Crippen molar-refractivity contribution in [3.8, 4) is 0 Å². The summed E-state index contributed by atoms with van der Waals surface area (Å²) in [6, 6.07) is -0.758. The molecule has 0 rings (SSSR count). The molecule has 0 fully saturated rings. The first-order valence-electron chi connectivity index (χ1n) is 3.24. The van der Waals surface area contributed by atoms with Crippen LogP contribution in [0.5, 0.6) is 0 Å². The van der Waals surface area contributed by atoms with Crippen LogP contribution in [0.2, 0.25) is 0 Å². The van der Waals surface area contributed by atoms with Crippen LogP contribution in [0.3, 0.4) is 0 Å². The summed E-state index contributed by atoms with van der Waals surface area (Å²) < 4.78 is 0. The zero-order valence-corrected chi connectivity index (χ0v) is 7.06. The van der Waals surface area contributed by atoms with Gasteiger partial charge in [0.05, 0.1) is 11.9 Å². The third-order valence-electron chi connectivity index (χ3n) is 0.749. The molecular weight excluding hydrogens is 174 g/mol. The molecule has 0 aromatic carbocycles. The van der Waals surface area contributed by atoms with Gasteiger partial charge in [-0.15, -0.1) is 5.10 Å². The molecular formula is C5H11N7O. The molecule has 0 aromatic heterocycles. The van der Waals surface area contributed by atoms with Crippen LogP contribution in [0.4, 0.5) is 4.79 Å². The fourth-order valence-electron chi connectivity index (χ4n) is 0.352. The van der Waals surface area contributed by atoms with E-state index in [0.29, 0.717) is 5.71 Å². The molecule has 8 heteroatoms. The Morgan fingerprint density at radius 1 is 1.31 bits per heavy atom. The van der Waals surface area contributed by atoms with Gasteiger partial charge in [0.15, 0.2) is 0 Å². The number of hydrogen-bond donors (Lipinski definition) is 4. The fourth-order valence-corrected chi connectivity index (χ4v) is 0.352. The van der Waals surface area contributed by atoms with Crippen molar-refractivity contribution in [3.05, 3.63) is 0 Å². The molecule has 8 nitrogen and oxygen atoms in total. The largest absolute Gasteiger partial charge is 0.369 e. The Bertz CT molecular complexity index is 262. The van der Waals surface area contributed by atoms with Crippen molar-refractivity contribution < 1.29 is 4.79 Å². The molecule has 0 spiro atoms. The van der Waals surface area contributed by atoms with Crippen molar-refractivity contribution in [2.24, 2.45) is 32.5 Å². The van der Waals surface area contributed by atoms with Crippen LogP contribution in [0, 0.1) is 0 Å². The highest BCUT2D eigenvalue weighted by atomic mass is 16.2. The number of carbonyl (C=O) groups is 1. The van der Waals surface area contributed by atoms with Gasteiger partial charge >= 0.3 is 6.03 Å². The number of hydrogen-bond acceptors (Lipinski definition) is 4. The minimum atomic E-state index is -0.758. The third-order valence-corrected chi connectivity index (χ3v) is 0.749. The highest BCUT2D eigenvalue weighted by molar-refractivity contribution is 6.29. The van der Waals surface area contributed by atoms with E-state index in [0.717, 1.165) is 0 Å². The lowest BCUT2D eigenvalue weighted by Gasteiger charge is -1.90. The van der Waals surface area contributed by atoms with Gasteiger partial charge < -0.3 is 17.2 Å². The van der Waals surface area contributed by atoms with Gasteiger partial charge in [-0.05, 0) is 6.92 Å². The molecule has 0 heterocycles. The van der Waals surface area contributed by atoms with E-state index >= 15 is 0 Å². The summed E-state index contributed by atoms with van der Waals surface area (Å²) >= 11 is 0. The number of amides is 2. The molecule has 2 amide bonds. The third kappa shape index (κ3) is 7.78. The topological polar surface area (TPSA) is 144 Å². The Morgan fingerprint density at radius 3 is 2.38 bits per heavy atom. The zero-order chi connectivity index (χ0) is 10.3. The van der Waals surface area contributed by atoms with Crippen LogP contribution < -0.4 is 22.6 Å². The number of urea groups is 1. The van der Waals surface area contributed by atoms with Crippen LogP contribution in [0.1, 0.15) is 6.92 Å². The van der Waals surface area contributed by atoms with Crippen molar-refractivity contribution in [3.63, 3.8) is 0 Å². The molecule has 0 unspecified atom stereocenters. The Morgan fingerprint density at radius 2 is 1.92 bits per heavy atom. The van der Waals surface area contributed by atoms with E-state index in [1.54, 1.807) is 6.92 Å². The Labute approximate surface area is 74.6 Å². The first-order chi connectivity index (χ1) is 6.02. The van der Waals surface area contributed by atoms with Gasteiger partial charge in [-0.25, -0.2) is 10.2 Å². The number of nitrogens with zero attached hydrogens (tertiary/aromatic N) is 3. The van der Waals surface area contributed by atoms with Gasteiger partial charge in [0, 0.05) is 0 Å². The second-order valence-electron chi connectivity index (χ2n) is 2.00. The quantitative estimate of drug-likeness (QED) is 0.236. The molecule has 7 N–H and O–H groups in total. The predicted octanol–water partition coefficient (Wildman–Crippen LogP) is -1.71. The summed E-state index contributed by atoms with van der Waals surface area (Å²) in [5.41, 5.74) is 17.1. The van der Waals surface area contributed by atoms with E-state index in [9.17, 15) is 4.79 Å². The highest BCUT2D eigenvalue weighted by Gasteiger charge is 1.86. The summed E-state index contributed by atoms with van der Waals surface area (Å²) in [5.74, 6) is -0.157. The molecule has 72 valence electrons. The molecule has 0 bridgehead atoms. The van der Waals surface area contributed by atoms with Gasteiger partial charge in [0.1, 0.15) is 0 Å². The van der Waals surface area contributed by atoms with Crippen molar-refractivity contribution in [2.75, 3.05) is 0 Å². The summed E-state index contributed by atoms with van der Waals surface area (Å²) in [5, 5.41) is 10.3. The molecule has 0 aliphatic carbocycles. The highest BCUT2D eigenvalue weighted by Crippen LogP contribution is 1.74. The van der Waals surface area contributed by atoms with Crippen LogP contribution in [-0.4, -0.2) is 23.9 Å². The van der Waals surface area contributed by atoms with Crippen molar-refractivity contribution in [1.82, 2.24) is 5.43 Å². The SMILES string of the molecule is CC(/C=N\NC(N)=O)=N/N=C(N)N. The van der Waals surface area contributed by atoms with E-state index in [-0.39, 0.29) is 5.96 Å². The Balaban J connectivity index is 4.06. The van der Waals surface area contributed by atoms with Crippen molar-refractivity contribution >= 4 is 23.9 Å². The summed E-state index contributed by atoms with van der Waals surface area (Å²) in [6.45, 7) is 1.60. The van der Waals surface area contributed by atoms with Crippen LogP contribution in [-0.2, 0) is 0 Å². The molecule has 0 atom stereocenters. The number of primary amides is 1. The minimum absolute atomic E-state index is 0.157. The maximum atomic E-state index is 10.1. The summed E-state index contributed by atoms with van der Waals surface area (Å²) in [4.78, 5) is 10.1. The first kappa shape index (κ1) is 10.9. The Kier molecular flexibility index (Phi) is 4.62. The first-order valence-corrected chi connectivity index (χ1v) is 3.24. The zero-order valence-electron chi connectivity index (χ0n) is 7.06. The van der Waals surface area contributed by atoms with E-state index in [4.69, 9.17) is 17.2 Å². The van der Waals surface area contributed by atoms with E-state index in [1.807, 2.05) is 5.43 Å². The van der Waals surface area contributed by atoms with Gasteiger partial charge in [-0.3, -0.25) is 0 Å². The predicted molar refractivity (Wildman–Crippen MR) is 50.1 cm³/mol. The monoisotopic (exact) mass is 185 g/mol. The summed E-state index contributed by atoms with van der Waals surface area (Å²) in [7, 11) is 0.